The number of anilines is 1. The van der Waals surface area contributed by atoms with Crippen molar-refractivity contribution in [2.24, 2.45) is 0 Å². The Labute approximate surface area is 178 Å². The fourth-order valence-corrected chi connectivity index (χ4v) is 4.07. The molecule has 0 spiro atoms. The van der Waals surface area contributed by atoms with Crippen LogP contribution in [0.2, 0.25) is 0 Å². The number of ether oxygens (including phenoxy) is 4. The Bertz CT molecular complexity index is 1100. The molecule has 1 aromatic heterocycles. The Morgan fingerprint density at radius 1 is 1.06 bits per heavy atom. The minimum Gasteiger partial charge on any atom is -0.423 e. The van der Waals surface area contributed by atoms with Crippen LogP contribution in [0.25, 0.3) is 11.0 Å². The van der Waals surface area contributed by atoms with E-state index in [4.69, 9.17) is 23.4 Å². The lowest BCUT2D eigenvalue weighted by molar-refractivity contribution is -0.337. The highest BCUT2D eigenvalue weighted by Gasteiger charge is 2.49. The summed E-state index contributed by atoms with van der Waals surface area (Å²) in [5.74, 6) is 0. The van der Waals surface area contributed by atoms with E-state index < -0.39 is 42.6 Å². The number of fused-ring (bicyclic) bond motifs is 2. The number of methoxy groups -OCH3 is 1. The second kappa shape index (κ2) is 8.41. The molecule has 2 N–H and O–H groups in total. The van der Waals surface area contributed by atoms with Gasteiger partial charge < -0.3 is 33.8 Å². The lowest BCUT2D eigenvalue weighted by atomic mass is 9.95. The van der Waals surface area contributed by atoms with Gasteiger partial charge in [0.1, 0.15) is 29.9 Å². The van der Waals surface area contributed by atoms with Gasteiger partial charge in [0.2, 0.25) is 0 Å². The van der Waals surface area contributed by atoms with Gasteiger partial charge in [-0.25, -0.2) is 4.79 Å². The Morgan fingerprint density at radius 2 is 1.87 bits per heavy atom. The summed E-state index contributed by atoms with van der Waals surface area (Å²) in [6.07, 6.45) is -3.32. The van der Waals surface area contributed by atoms with Crippen molar-refractivity contribution < 1.29 is 28.5 Å². The molecule has 31 heavy (non-hydrogen) atoms. The largest absolute Gasteiger partial charge is 0.423 e. The second-order valence-electron chi connectivity index (χ2n) is 7.62. The van der Waals surface area contributed by atoms with Gasteiger partial charge in [-0.3, -0.25) is 0 Å². The normalized spacial score (nSPS) is 30.6. The van der Waals surface area contributed by atoms with Gasteiger partial charge in [-0.05, 0) is 18.2 Å². The smallest absolute Gasteiger partial charge is 0.336 e. The van der Waals surface area contributed by atoms with Crippen molar-refractivity contribution in [1.82, 2.24) is 0 Å². The van der Waals surface area contributed by atoms with E-state index in [1.807, 2.05) is 42.5 Å². The molecule has 5 unspecified atom stereocenters. The SMILES string of the molecule is CO[C@H]1OC2COC(c3ccccc3)OC2C(O)C1Nc1ccc2ccc(=O)oc2c1. The first-order valence-electron chi connectivity index (χ1n) is 10.1. The second-order valence-corrected chi connectivity index (χ2v) is 7.62. The van der Waals surface area contributed by atoms with Crippen LogP contribution in [0.5, 0.6) is 0 Å². The summed E-state index contributed by atoms with van der Waals surface area (Å²) in [6.45, 7) is 0.273. The number of benzene rings is 2. The molecule has 2 fully saturated rings. The summed E-state index contributed by atoms with van der Waals surface area (Å²) in [6, 6.07) is 17.4. The molecule has 0 amide bonds. The van der Waals surface area contributed by atoms with E-state index in [1.54, 1.807) is 12.1 Å². The molecule has 3 aromatic rings. The quantitative estimate of drug-likeness (QED) is 0.615. The van der Waals surface area contributed by atoms with Crippen LogP contribution in [0.4, 0.5) is 5.69 Å². The number of rotatable bonds is 4. The van der Waals surface area contributed by atoms with E-state index in [0.29, 0.717) is 11.3 Å². The van der Waals surface area contributed by atoms with Crippen LogP contribution in [0.15, 0.2) is 69.9 Å². The summed E-state index contributed by atoms with van der Waals surface area (Å²) >= 11 is 0. The molecule has 2 aliphatic heterocycles. The van der Waals surface area contributed by atoms with E-state index in [-0.39, 0.29) is 6.61 Å². The molecular weight excluding hydrogens is 402 g/mol. The maximum atomic E-state index is 11.5. The molecule has 2 aliphatic rings. The molecule has 162 valence electrons. The summed E-state index contributed by atoms with van der Waals surface area (Å²) in [4.78, 5) is 11.5. The van der Waals surface area contributed by atoms with E-state index >= 15 is 0 Å². The predicted octanol–water partition coefficient (Wildman–Crippen LogP) is 2.42. The average Bonchev–Trinajstić information content (AvgIpc) is 2.81. The third-order valence-corrected chi connectivity index (χ3v) is 5.63. The molecule has 6 atom stereocenters. The highest BCUT2D eigenvalue weighted by Crippen LogP contribution is 2.35. The zero-order valence-corrected chi connectivity index (χ0v) is 16.8. The van der Waals surface area contributed by atoms with Crippen molar-refractivity contribution >= 4 is 16.7 Å². The molecule has 8 heteroatoms. The van der Waals surface area contributed by atoms with Crippen LogP contribution in [0.1, 0.15) is 11.9 Å². The Balaban J connectivity index is 1.38. The van der Waals surface area contributed by atoms with Crippen LogP contribution in [0, 0.1) is 0 Å². The molecule has 5 rings (SSSR count). The van der Waals surface area contributed by atoms with Crippen molar-refractivity contribution in [2.45, 2.75) is 36.9 Å². The van der Waals surface area contributed by atoms with Crippen LogP contribution >= 0.6 is 0 Å². The number of aliphatic hydroxyl groups excluding tert-OH is 1. The first-order valence-corrected chi connectivity index (χ1v) is 10.1. The monoisotopic (exact) mass is 425 g/mol. The molecule has 8 nitrogen and oxygen atoms in total. The molecule has 2 saturated heterocycles. The first kappa shape index (κ1) is 20.2. The fraction of sp³-hybridized carbons (Fsp3) is 0.348. The van der Waals surface area contributed by atoms with Crippen molar-refractivity contribution in [3.8, 4) is 0 Å². The van der Waals surface area contributed by atoms with E-state index in [2.05, 4.69) is 5.32 Å². The van der Waals surface area contributed by atoms with Crippen molar-refractivity contribution in [1.29, 1.82) is 0 Å². The lowest BCUT2D eigenvalue weighted by Crippen LogP contribution is -2.64. The van der Waals surface area contributed by atoms with Gasteiger partial charge in [-0.1, -0.05) is 30.3 Å². The van der Waals surface area contributed by atoms with Gasteiger partial charge in [0.15, 0.2) is 12.6 Å². The van der Waals surface area contributed by atoms with Gasteiger partial charge >= 0.3 is 5.63 Å². The maximum Gasteiger partial charge on any atom is 0.336 e. The van der Waals surface area contributed by atoms with Crippen LogP contribution < -0.4 is 10.9 Å². The highest BCUT2D eigenvalue weighted by molar-refractivity contribution is 5.80. The highest BCUT2D eigenvalue weighted by atomic mass is 16.7. The standard InChI is InChI=1S/C23H23NO7/c1-27-23-19(24-15-9-7-13-8-10-18(25)29-16(13)11-15)20(26)21-17(30-23)12-28-22(31-21)14-5-3-2-4-6-14/h2-11,17,19-24,26H,12H2,1H3/t17?,19?,20?,21?,22?,23-/m0/s1. The van der Waals surface area contributed by atoms with Gasteiger partial charge in [0.25, 0.3) is 0 Å². The number of hydrogen-bond donors (Lipinski definition) is 2. The zero-order valence-electron chi connectivity index (χ0n) is 16.8. The number of nitrogens with one attached hydrogen (secondary N) is 1. The van der Waals surface area contributed by atoms with Gasteiger partial charge in [-0.2, -0.15) is 0 Å². The first-order chi connectivity index (χ1) is 15.1. The summed E-state index contributed by atoms with van der Waals surface area (Å²) in [7, 11) is 1.52. The Kier molecular flexibility index (Phi) is 5.47. The average molecular weight is 425 g/mol. The Hall–Kier alpha value is -2.75. The summed E-state index contributed by atoms with van der Waals surface area (Å²) < 4.78 is 28.7. The minimum atomic E-state index is -0.933. The summed E-state index contributed by atoms with van der Waals surface area (Å²) in [5.41, 5.74) is 1.55. The third kappa shape index (κ3) is 3.96. The van der Waals surface area contributed by atoms with Gasteiger partial charge in [-0.15, -0.1) is 0 Å². The number of hydrogen-bond acceptors (Lipinski definition) is 8. The topological polar surface area (TPSA) is 99.4 Å². The lowest BCUT2D eigenvalue weighted by Gasteiger charge is -2.47. The zero-order chi connectivity index (χ0) is 21.4. The minimum absolute atomic E-state index is 0.273. The molecule has 3 heterocycles. The number of aliphatic hydroxyl groups is 1. The van der Waals surface area contributed by atoms with E-state index in [1.165, 1.54) is 13.2 Å². The van der Waals surface area contributed by atoms with Crippen molar-refractivity contribution in [2.75, 3.05) is 19.0 Å². The molecule has 2 aromatic carbocycles. The molecule has 0 aliphatic carbocycles. The fourth-order valence-electron chi connectivity index (χ4n) is 4.07. The Morgan fingerprint density at radius 3 is 2.68 bits per heavy atom. The third-order valence-electron chi connectivity index (χ3n) is 5.63. The predicted molar refractivity (Wildman–Crippen MR) is 112 cm³/mol. The molecular formula is C23H23NO7. The van der Waals surface area contributed by atoms with Gasteiger partial charge in [0, 0.05) is 35.9 Å². The van der Waals surface area contributed by atoms with Crippen molar-refractivity contribution in [3.63, 3.8) is 0 Å². The van der Waals surface area contributed by atoms with Crippen LogP contribution in [0.3, 0.4) is 0 Å². The molecule has 0 bridgehead atoms. The van der Waals surface area contributed by atoms with Crippen LogP contribution in [-0.4, -0.2) is 49.5 Å². The molecule has 0 radical (unpaired) electrons. The summed E-state index contributed by atoms with van der Waals surface area (Å²) in [5, 5.41) is 15.2. The van der Waals surface area contributed by atoms with Crippen molar-refractivity contribution in [3.05, 3.63) is 76.6 Å². The van der Waals surface area contributed by atoms with Crippen LogP contribution in [-0.2, 0) is 18.9 Å². The van der Waals surface area contributed by atoms with E-state index in [9.17, 15) is 9.90 Å². The van der Waals surface area contributed by atoms with Gasteiger partial charge in [0.05, 0.1) is 6.61 Å². The van der Waals surface area contributed by atoms with E-state index in [0.717, 1.165) is 10.9 Å². The maximum absolute atomic E-state index is 11.5. The molecule has 0 saturated carbocycles.